The van der Waals surface area contributed by atoms with E-state index in [-0.39, 0.29) is 36.2 Å². The molecule has 2 unspecified atom stereocenters. The third-order valence-corrected chi connectivity index (χ3v) is 6.73. The van der Waals surface area contributed by atoms with E-state index < -0.39 is 29.7 Å². The fourth-order valence-corrected chi connectivity index (χ4v) is 4.79. The Hall–Kier alpha value is -3.79. The van der Waals surface area contributed by atoms with Gasteiger partial charge in [-0.05, 0) is 44.2 Å². The molecule has 0 spiro atoms. The largest absolute Gasteiger partial charge is 0.463 e. The molecule has 2 heterocycles. The van der Waals surface area contributed by atoms with Gasteiger partial charge >= 0.3 is 12.0 Å². The van der Waals surface area contributed by atoms with Crippen molar-refractivity contribution < 1.29 is 27.9 Å². The summed E-state index contributed by atoms with van der Waals surface area (Å²) in [5, 5.41) is 2.72. The number of hydrogen-bond donors (Lipinski definition) is 1. The average molecular weight is 513 g/mol. The number of carbonyl (C=O) groups excluding carboxylic acids is 3. The summed E-state index contributed by atoms with van der Waals surface area (Å²) >= 11 is 0. The van der Waals surface area contributed by atoms with Gasteiger partial charge in [-0.25, -0.2) is 18.4 Å². The number of ether oxygens (including phenoxy) is 1. The number of nitrogens with one attached hydrogen (secondary N) is 1. The second-order valence-corrected chi connectivity index (χ2v) is 9.13. The molecule has 196 valence electrons. The van der Waals surface area contributed by atoms with E-state index in [0.717, 1.165) is 0 Å². The zero-order valence-corrected chi connectivity index (χ0v) is 21.0. The van der Waals surface area contributed by atoms with Crippen LogP contribution in [0, 0.1) is 11.6 Å². The van der Waals surface area contributed by atoms with Crippen LogP contribution in [0.25, 0.3) is 0 Å². The van der Waals surface area contributed by atoms with E-state index in [1.807, 2.05) is 11.8 Å². The molecule has 2 aliphatic rings. The lowest BCUT2D eigenvalue weighted by atomic mass is 9.93. The van der Waals surface area contributed by atoms with Gasteiger partial charge in [0.15, 0.2) is 0 Å². The van der Waals surface area contributed by atoms with Gasteiger partial charge in [-0.3, -0.25) is 14.6 Å². The summed E-state index contributed by atoms with van der Waals surface area (Å²) < 4.78 is 33.3. The Morgan fingerprint density at radius 3 is 2.43 bits per heavy atom. The van der Waals surface area contributed by atoms with Crippen LogP contribution in [0.4, 0.5) is 13.6 Å². The molecule has 4 rings (SSSR count). The second-order valence-electron chi connectivity index (χ2n) is 9.13. The summed E-state index contributed by atoms with van der Waals surface area (Å²) in [6.45, 7) is 5.31. The van der Waals surface area contributed by atoms with Crippen LogP contribution < -0.4 is 5.32 Å². The highest BCUT2D eigenvalue weighted by Crippen LogP contribution is 2.33. The first-order chi connectivity index (χ1) is 17.7. The predicted molar refractivity (Wildman–Crippen MR) is 132 cm³/mol. The van der Waals surface area contributed by atoms with Crippen molar-refractivity contribution in [1.82, 2.24) is 20.0 Å². The molecule has 2 aliphatic heterocycles. The van der Waals surface area contributed by atoms with Gasteiger partial charge in [-0.2, -0.15) is 0 Å². The first-order valence-electron chi connectivity index (χ1n) is 12.2. The molecule has 37 heavy (non-hydrogen) atoms. The summed E-state index contributed by atoms with van der Waals surface area (Å²) in [6.07, 6.45) is 0. The maximum atomic E-state index is 14.7. The monoisotopic (exact) mass is 512 g/mol. The summed E-state index contributed by atoms with van der Waals surface area (Å²) in [5.74, 6) is -1.77. The van der Waals surface area contributed by atoms with Crippen molar-refractivity contribution in [3.63, 3.8) is 0 Å². The number of halogens is 2. The molecule has 3 amide bonds. The minimum atomic E-state index is -1.00. The average Bonchev–Trinajstić information content (AvgIpc) is 2.87. The molecule has 8 nitrogen and oxygen atoms in total. The van der Waals surface area contributed by atoms with Crippen LogP contribution in [-0.4, -0.2) is 78.5 Å². The number of urea groups is 1. The van der Waals surface area contributed by atoms with Crippen LogP contribution >= 0.6 is 0 Å². The minimum Gasteiger partial charge on any atom is -0.463 e. The highest BCUT2D eigenvalue weighted by molar-refractivity contribution is 5.95. The van der Waals surface area contributed by atoms with E-state index in [4.69, 9.17) is 4.74 Å². The van der Waals surface area contributed by atoms with Crippen molar-refractivity contribution in [3.8, 4) is 0 Å². The first kappa shape index (κ1) is 26.3. The molecule has 0 aromatic heterocycles. The van der Waals surface area contributed by atoms with Gasteiger partial charge in [0.25, 0.3) is 5.91 Å². The van der Waals surface area contributed by atoms with Gasteiger partial charge in [0.2, 0.25) is 0 Å². The molecule has 0 bridgehead atoms. The number of piperazine rings is 1. The Balaban J connectivity index is 1.60. The molecular formula is C27H30F2N4O4. The molecule has 10 heteroatoms. The lowest BCUT2D eigenvalue weighted by molar-refractivity contribution is -0.139. The van der Waals surface area contributed by atoms with Crippen LogP contribution in [0.15, 0.2) is 59.8 Å². The van der Waals surface area contributed by atoms with E-state index >= 15 is 0 Å². The number of benzene rings is 2. The Morgan fingerprint density at radius 2 is 1.78 bits per heavy atom. The molecule has 0 radical (unpaired) electrons. The summed E-state index contributed by atoms with van der Waals surface area (Å²) in [4.78, 5) is 44.1. The Morgan fingerprint density at radius 1 is 1.08 bits per heavy atom. The van der Waals surface area contributed by atoms with Crippen LogP contribution in [0.3, 0.4) is 0 Å². The fourth-order valence-electron chi connectivity index (χ4n) is 4.79. The molecule has 2 aromatic rings. The van der Waals surface area contributed by atoms with Crippen LogP contribution in [0.1, 0.15) is 35.8 Å². The summed E-state index contributed by atoms with van der Waals surface area (Å²) in [7, 11) is 1.55. The highest BCUT2D eigenvalue weighted by atomic mass is 19.1. The van der Waals surface area contributed by atoms with E-state index in [2.05, 4.69) is 5.32 Å². The van der Waals surface area contributed by atoms with Gasteiger partial charge in [-0.1, -0.05) is 18.2 Å². The normalized spacial score (nSPS) is 20.6. The van der Waals surface area contributed by atoms with E-state index in [1.54, 1.807) is 31.0 Å². The smallest absolute Gasteiger partial charge is 0.338 e. The second kappa shape index (κ2) is 11.1. The molecular weight excluding hydrogens is 482 g/mol. The molecule has 0 aliphatic carbocycles. The van der Waals surface area contributed by atoms with Crippen molar-refractivity contribution in [1.29, 1.82) is 0 Å². The first-order valence-corrected chi connectivity index (χ1v) is 12.2. The van der Waals surface area contributed by atoms with Crippen LogP contribution in [0.5, 0.6) is 0 Å². The van der Waals surface area contributed by atoms with Crippen molar-refractivity contribution in [3.05, 3.63) is 82.6 Å². The number of nitrogens with zero attached hydrogens (tertiary/aromatic N) is 3. The maximum absolute atomic E-state index is 14.7. The molecule has 1 saturated heterocycles. The number of esters is 1. The number of likely N-dealkylation sites (N-methyl/N-ethyl adjacent to an activating group) is 1. The molecule has 2 aromatic carbocycles. The molecule has 0 saturated carbocycles. The van der Waals surface area contributed by atoms with Gasteiger partial charge in [0, 0.05) is 56.1 Å². The zero-order valence-electron chi connectivity index (χ0n) is 21.0. The zero-order chi connectivity index (χ0) is 26.7. The van der Waals surface area contributed by atoms with Gasteiger partial charge in [-0.15, -0.1) is 0 Å². The van der Waals surface area contributed by atoms with Gasteiger partial charge in [0.05, 0.1) is 18.2 Å². The number of rotatable bonds is 6. The lowest BCUT2D eigenvalue weighted by Crippen LogP contribution is -2.56. The Labute approximate surface area is 214 Å². The lowest BCUT2D eigenvalue weighted by Gasteiger charge is -2.42. The molecule has 1 fully saturated rings. The third-order valence-electron chi connectivity index (χ3n) is 6.73. The summed E-state index contributed by atoms with van der Waals surface area (Å²) in [6, 6.07) is 9.79. The fraction of sp³-hybridized carbons (Fsp3) is 0.370. The molecule has 1 N–H and O–H groups in total. The van der Waals surface area contributed by atoms with Crippen LogP contribution in [0.2, 0.25) is 0 Å². The van der Waals surface area contributed by atoms with Crippen LogP contribution in [-0.2, 0) is 9.53 Å². The Kier molecular flexibility index (Phi) is 7.87. The maximum Gasteiger partial charge on any atom is 0.338 e. The number of hydrogen-bond acceptors (Lipinski definition) is 5. The minimum absolute atomic E-state index is 0.123. The standard InChI is InChI=1S/C27H30F2N4O4/c1-4-37-26(35)23-22(31(3)27(36)30-24(23)20-7-5-6-8-21(20)29)16-32-13-14-33(17(2)15-32)25(34)18-9-11-19(28)12-10-18/h5-12,17,24H,4,13-16H2,1-3H3,(H,30,36). The summed E-state index contributed by atoms with van der Waals surface area (Å²) in [5.41, 5.74) is 1.17. The topological polar surface area (TPSA) is 82.2 Å². The quantitative estimate of drug-likeness (QED) is 0.601. The number of amides is 3. The SMILES string of the molecule is CCOC(=O)C1=C(CN2CCN(C(=O)c3ccc(F)cc3)C(C)C2)N(C)C(=O)NC1c1ccccc1F. The molecule has 2 atom stereocenters. The van der Waals surface area contributed by atoms with Crippen molar-refractivity contribution in [2.24, 2.45) is 0 Å². The predicted octanol–water partition coefficient (Wildman–Crippen LogP) is 3.32. The van der Waals surface area contributed by atoms with E-state index in [9.17, 15) is 23.2 Å². The highest BCUT2D eigenvalue weighted by Gasteiger charge is 2.39. The van der Waals surface area contributed by atoms with E-state index in [1.165, 1.54) is 41.3 Å². The van der Waals surface area contributed by atoms with Gasteiger partial charge in [0.1, 0.15) is 11.6 Å². The third kappa shape index (κ3) is 5.48. The van der Waals surface area contributed by atoms with Gasteiger partial charge < -0.3 is 15.0 Å². The Bertz CT molecular complexity index is 1220. The van der Waals surface area contributed by atoms with E-state index in [0.29, 0.717) is 30.9 Å². The van der Waals surface area contributed by atoms with Crippen molar-refractivity contribution in [2.45, 2.75) is 25.9 Å². The van der Waals surface area contributed by atoms with Crippen molar-refractivity contribution >= 4 is 17.9 Å². The van der Waals surface area contributed by atoms with Crippen molar-refractivity contribution in [2.75, 3.05) is 39.8 Å². The number of carbonyl (C=O) groups is 3.